The Labute approximate surface area is 233 Å². The average Bonchev–Trinajstić information content (AvgIpc) is 3.55. The number of nitrogens with zero attached hydrogens (tertiary/aromatic N) is 4. The lowest BCUT2D eigenvalue weighted by Crippen LogP contribution is -2.24. The fraction of sp³-hybridized carbons (Fsp3) is 0.207. The zero-order valence-corrected chi connectivity index (χ0v) is 23.3. The summed E-state index contributed by atoms with van der Waals surface area (Å²) < 4.78 is 58.4. The number of benzene rings is 1. The highest BCUT2D eigenvalue weighted by molar-refractivity contribution is 7.90. The summed E-state index contributed by atoms with van der Waals surface area (Å²) in [5.74, 6) is -1.93. The Bertz CT molecular complexity index is 2020. The Morgan fingerprint density at radius 2 is 1.80 bits per heavy atom. The largest absolute Gasteiger partial charge is 0.308 e. The van der Waals surface area contributed by atoms with Gasteiger partial charge in [0.1, 0.15) is 21.3 Å². The molecule has 1 aromatic carbocycles. The molecule has 11 heteroatoms. The summed E-state index contributed by atoms with van der Waals surface area (Å²) in [7, 11) is -3.91. The molecule has 6 rings (SSSR count). The van der Waals surface area contributed by atoms with Crippen molar-refractivity contribution in [2.45, 2.75) is 37.0 Å². The van der Waals surface area contributed by atoms with Gasteiger partial charge in [0, 0.05) is 42.3 Å². The summed E-state index contributed by atoms with van der Waals surface area (Å²) in [6, 6.07) is 9.27. The topological polar surface area (TPSA) is 86.3 Å². The Hall–Kier alpha value is -3.89. The maximum absolute atomic E-state index is 16.1. The average molecular weight is 581 g/mol. The van der Waals surface area contributed by atoms with E-state index in [0.717, 1.165) is 34.5 Å². The number of hydrogen-bond acceptors (Lipinski definition) is 5. The third-order valence-corrected chi connectivity index (χ3v) is 8.88. The van der Waals surface area contributed by atoms with Gasteiger partial charge in [0.2, 0.25) is 0 Å². The van der Waals surface area contributed by atoms with Crippen LogP contribution in [0.4, 0.5) is 8.78 Å². The molecule has 0 saturated heterocycles. The first-order valence-corrected chi connectivity index (χ1v) is 14.7. The van der Waals surface area contributed by atoms with Crippen molar-refractivity contribution >= 4 is 27.1 Å². The van der Waals surface area contributed by atoms with Gasteiger partial charge < -0.3 is 4.40 Å². The lowest BCUT2D eigenvalue weighted by Gasteiger charge is -2.18. The minimum Gasteiger partial charge on any atom is -0.308 e. The molecule has 7 nitrogen and oxygen atoms in total. The van der Waals surface area contributed by atoms with Gasteiger partial charge >= 0.3 is 0 Å². The molecule has 1 fully saturated rings. The number of aromatic nitrogens is 4. The molecule has 0 radical (unpaired) electrons. The van der Waals surface area contributed by atoms with Crippen molar-refractivity contribution in [3.05, 3.63) is 111 Å². The zero-order chi connectivity index (χ0) is 28.5. The van der Waals surface area contributed by atoms with Crippen LogP contribution in [-0.2, 0) is 9.84 Å². The molecule has 4 heterocycles. The number of hydrogen-bond donors (Lipinski definition) is 0. The van der Waals surface area contributed by atoms with Crippen molar-refractivity contribution in [1.29, 1.82) is 0 Å². The number of pyridine rings is 2. The molecule has 0 amide bonds. The highest BCUT2D eigenvalue weighted by atomic mass is 35.5. The molecule has 0 N–H and O–H groups in total. The number of rotatable bonds is 5. The van der Waals surface area contributed by atoms with E-state index in [-0.39, 0.29) is 28.1 Å². The Kier molecular flexibility index (Phi) is 6.15. The lowest BCUT2D eigenvalue weighted by atomic mass is 10.0. The van der Waals surface area contributed by atoms with Crippen molar-refractivity contribution in [2.75, 3.05) is 6.26 Å². The van der Waals surface area contributed by atoms with Crippen LogP contribution in [0.25, 0.3) is 22.6 Å². The van der Waals surface area contributed by atoms with Crippen molar-refractivity contribution < 1.29 is 17.2 Å². The van der Waals surface area contributed by atoms with Crippen LogP contribution in [-0.4, -0.2) is 33.6 Å². The van der Waals surface area contributed by atoms with Gasteiger partial charge in [-0.3, -0.25) is 14.3 Å². The van der Waals surface area contributed by atoms with E-state index in [2.05, 4.69) is 9.97 Å². The first kappa shape index (κ1) is 26.3. The Morgan fingerprint density at radius 1 is 1.02 bits per heavy atom. The Balaban J connectivity index is 1.43. The summed E-state index contributed by atoms with van der Waals surface area (Å²) in [5.41, 5.74) is 1.85. The second kappa shape index (κ2) is 9.35. The quantitative estimate of drug-likeness (QED) is 0.263. The first-order valence-electron chi connectivity index (χ1n) is 12.5. The molecule has 40 heavy (non-hydrogen) atoms. The summed E-state index contributed by atoms with van der Waals surface area (Å²) in [6.07, 6.45) is 8.74. The Morgan fingerprint density at radius 3 is 2.55 bits per heavy atom. The fourth-order valence-electron chi connectivity index (χ4n) is 5.33. The normalized spacial score (nSPS) is 16.9. The van der Waals surface area contributed by atoms with E-state index >= 15 is 8.78 Å². The van der Waals surface area contributed by atoms with Crippen LogP contribution in [0.1, 0.15) is 40.6 Å². The van der Waals surface area contributed by atoms with E-state index in [9.17, 15) is 13.2 Å². The second-order valence-electron chi connectivity index (χ2n) is 10.1. The predicted octanol–water partition coefficient (Wildman–Crippen LogP) is 5.77. The van der Waals surface area contributed by atoms with Crippen LogP contribution in [0, 0.1) is 25.5 Å². The van der Waals surface area contributed by atoms with Crippen LogP contribution in [0.2, 0.25) is 5.02 Å². The van der Waals surface area contributed by atoms with E-state index in [0.29, 0.717) is 16.8 Å². The fourth-order valence-corrected chi connectivity index (χ4v) is 6.37. The van der Waals surface area contributed by atoms with E-state index in [4.69, 9.17) is 11.6 Å². The molecule has 1 aliphatic carbocycles. The van der Waals surface area contributed by atoms with Crippen LogP contribution in [0.5, 0.6) is 0 Å². The van der Waals surface area contributed by atoms with Gasteiger partial charge in [0.05, 0.1) is 5.69 Å². The molecule has 2 atom stereocenters. The highest BCUT2D eigenvalue weighted by Crippen LogP contribution is 2.55. The predicted molar refractivity (Wildman–Crippen MR) is 148 cm³/mol. The molecule has 5 aromatic rings. The second-order valence-corrected chi connectivity index (χ2v) is 12.5. The van der Waals surface area contributed by atoms with Gasteiger partial charge in [-0.25, -0.2) is 22.2 Å². The molecular weight excluding hydrogens is 558 g/mol. The molecule has 0 spiro atoms. The van der Waals surface area contributed by atoms with E-state index in [1.807, 2.05) is 35.1 Å². The van der Waals surface area contributed by atoms with Gasteiger partial charge in [-0.1, -0.05) is 17.7 Å². The molecular formula is C29H23ClF2N4O3S. The summed E-state index contributed by atoms with van der Waals surface area (Å²) in [6.45, 7) is 3.25. The summed E-state index contributed by atoms with van der Waals surface area (Å²) in [4.78, 5) is 21.6. The van der Waals surface area contributed by atoms with Crippen LogP contribution in [0.3, 0.4) is 0 Å². The smallest absolute Gasteiger partial charge is 0.274 e. The maximum atomic E-state index is 16.1. The monoisotopic (exact) mass is 580 g/mol. The SMILES string of the molecule is Cc1cnc(-c2cccc(S(C)(=O)=O)c2F)c(F)c1-n1c(C)cc([C@H]2C[C@@H]2c2cnc3cccn3c2)c(Cl)c1=O. The molecule has 204 valence electrons. The minimum atomic E-state index is -3.91. The molecule has 0 bridgehead atoms. The third kappa shape index (κ3) is 4.22. The number of sulfone groups is 1. The van der Waals surface area contributed by atoms with Crippen molar-refractivity contribution in [3.63, 3.8) is 0 Å². The number of aryl methyl sites for hydroxylation is 2. The molecule has 1 aliphatic rings. The van der Waals surface area contributed by atoms with Gasteiger partial charge in [0.15, 0.2) is 21.5 Å². The summed E-state index contributed by atoms with van der Waals surface area (Å²) >= 11 is 6.62. The van der Waals surface area contributed by atoms with Crippen molar-refractivity contribution in [2.24, 2.45) is 0 Å². The van der Waals surface area contributed by atoms with Crippen molar-refractivity contribution in [3.8, 4) is 16.9 Å². The number of halogens is 3. The minimum absolute atomic E-state index is 0.00938. The van der Waals surface area contributed by atoms with Crippen LogP contribution < -0.4 is 5.56 Å². The van der Waals surface area contributed by atoms with E-state index < -0.39 is 37.6 Å². The number of fused-ring (bicyclic) bond motifs is 1. The van der Waals surface area contributed by atoms with Gasteiger partial charge in [0.25, 0.3) is 5.56 Å². The molecule has 4 aromatic heterocycles. The third-order valence-electron chi connectivity index (χ3n) is 7.39. The van der Waals surface area contributed by atoms with Gasteiger partial charge in [-0.05, 0) is 79.1 Å². The van der Waals surface area contributed by atoms with E-state index in [1.54, 1.807) is 19.9 Å². The van der Waals surface area contributed by atoms with Crippen molar-refractivity contribution in [1.82, 2.24) is 18.9 Å². The molecule has 0 aliphatic heterocycles. The lowest BCUT2D eigenvalue weighted by molar-refractivity contribution is 0.569. The van der Waals surface area contributed by atoms with Gasteiger partial charge in [-0.2, -0.15) is 0 Å². The highest BCUT2D eigenvalue weighted by Gasteiger charge is 2.42. The van der Waals surface area contributed by atoms with Crippen LogP contribution in [0.15, 0.2) is 70.9 Å². The molecule has 1 saturated carbocycles. The zero-order valence-electron chi connectivity index (χ0n) is 21.7. The molecule has 0 unspecified atom stereocenters. The standard InChI is InChI=1S/C29H23ClF2N4O3S/c1-15-12-34-27(18-6-4-7-22(25(18)31)40(3,38)39)26(32)28(15)36-16(2)10-21(24(30)29(36)37)20-11-19(20)17-13-33-23-8-5-9-35(23)14-17/h4-10,12-14,19-20H,11H2,1-3H3/t19-,20+/m1/s1. The first-order chi connectivity index (χ1) is 19.0. The summed E-state index contributed by atoms with van der Waals surface area (Å²) in [5, 5.41) is -0.0180. The van der Waals surface area contributed by atoms with E-state index in [1.165, 1.54) is 18.3 Å². The maximum Gasteiger partial charge on any atom is 0.274 e. The van der Waals surface area contributed by atoms with Gasteiger partial charge in [-0.15, -0.1) is 0 Å². The van der Waals surface area contributed by atoms with Crippen LogP contribution >= 0.6 is 11.6 Å².